The summed E-state index contributed by atoms with van der Waals surface area (Å²) >= 11 is 6.13. The Morgan fingerprint density at radius 1 is 1.26 bits per heavy atom. The number of benzene rings is 1. The van der Waals surface area contributed by atoms with Crippen LogP contribution in [-0.2, 0) is 0 Å². The van der Waals surface area contributed by atoms with Crippen LogP contribution >= 0.6 is 11.6 Å². The van der Waals surface area contributed by atoms with E-state index in [9.17, 15) is 14.7 Å². The molecule has 0 radical (unpaired) electrons. The summed E-state index contributed by atoms with van der Waals surface area (Å²) in [5, 5.41) is 11.1. The minimum atomic E-state index is -0.762. The Balaban J connectivity index is 1.92. The number of hydrogen-bond donors (Lipinski definition) is 2. The first-order valence-electron chi connectivity index (χ1n) is 8.01. The Morgan fingerprint density at radius 3 is 2.85 bits per heavy atom. The van der Waals surface area contributed by atoms with Crippen LogP contribution in [0.15, 0.2) is 51.1 Å². The van der Waals surface area contributed by atoms with Crippen LogP contribution in [0.4, 0.5) is 5.82 Å². The molecule has 0 saturated heterocycles. The van der Waals surface area contributed by atoms with Crippen molar-refractivity contribution >= 4 is 35.3 Å². The molecule has 0 bridgehead atoms. The fraction of sp³-hybridized carbons (Fsp3) is 0.0526. The van der Waals surface area contributed by atoms with Gasteiger partial charge in [-0.05, 0) is 42.8 Å². The molecule has 8 heteroatoms. The molecular weight excluding hydrogens is 368 g/mol. The normalized spacial score (nSPS) is 13.9. The van der Waals surface area contributed by atoms with Crippen molar-refractivity contribution in [1.82, 2.24) is 14.5 Å². The van der Waals surface area contributed by atoms with E-state index in [1.165, 1.54) is 6.08 Å². The van der Waals surface area contributed by atoms with Gasteiger partial charge in [-0.2, -0.15) is 0 Å². The maximum atomic E-state index is 12.3. The molecular formula is C19H13ClN4O3. The second kappa shape index (κ2) is 6.37. The first kappa shape index (κ1) is 17.0. The summed E-state index contributed by atoms with van der Waals surface area (Å²) in [5.74, 6) is 0.0419. The van der Waals surface area contributed by atoms with Gasteiger partial charge in [-0.15, -0.1) is 0 Å². The number of nitrogens with zero attached hydrogens (tertiary/aromatic N) is 3. The van der Waals surface area contributed by atoms with Gasteiger partial charge in [0.2, 0.25) is 5.88 Å². The van der Waals surface area contributed by atoms with Crippen LogP contribution in [0.1, 0.15) is 16.7 Å². The summed E-state index contributed by atoms with van der Waals surface area (Å²) in [6, 6.07) is 8.46. The zero-order chi connectivity index (χ0) is 19.1. The van der Waals surface area contributed by atoms with Gasteiger partial charge in [-0.25, -0.2) is 19.3 Å². The third-order valence-electron chi connectivity index (χ3n) is 4.26. The third kappa shape index (κ3) is 2.88. The van der Waals surface area contributed by atoms with Gasteiger partial charge in [0, 0.05) is 28.6 Å². The minimum Gasteiger partial charge on any atom is -0.494 e. The lowest BCUT2D eigenvalue weighted by molar-refractivity contribution is 0.429. The van der Waals surface area contributed by atoms with Crippen molar-refractivity contribution in [2.45, 2.75) is 6.92 Å². The number of nitrogens with one attached hydrogen (secondary N) is 1. The standard InChI is InChI=1S/C19H13ClN4O3/c1-10-4-5-12(8-15(10)20)24-18(26)14(17(25)23-19(24)27)7-11-9-22-16-13(11)3-2-6-21-16/h2-9,26H,1H3,(H,23,25,27)/b11-7-. The maximum absolute atomic E-state index is 12.3. The summed E-state index contributed by atoms with van der Waals surface area (Å²) in [4.78, 5) is 35.1. The molecule has 0 unspecified atom stereocenters. The first-order chi connectivity index (χ1) is 13.0. The van der Waals surface area contributed by atoms with Gasteiger partial charge in [0.1, 0.15) is 5.56 Å². The highest BCUT2D eigenvalue weighted by Crippen LogP contribution is 2.31. The van der Waals surface area contributed by atoms with E-state index in [4.69, 9.17) is 11.6 Å². The average Bonchev–Trinajstić information content (AvgIpc) is 3.04. The molecule has 3 heterocycles. The summed E-state index contributed by atoms with van der Waals surface area (Å²) < 4.78 is 0.995. The van der Waals surface area contributed by atoms with Gasteiger partial charge < -0.3 is 5.11 Å². The van der Waals surface area contributed by atoms with Gasteiger partial charge in [0.15, 0.2) is 5.82 Å². The van der Waals surface area contributed by atoms with E-state index in [1.54, 1.807) is 36.7 Å². The molecule has 0 fully saturated rings. The molecule has 2 N–H and O–H groups in total. The number of fused-ring (bicyclic) bond motifs is 1. The number of aromatic nitrogens is 3. The van der Waals surface area contributed by atoms with Crippen LogP contribution in [0.25, 0.3) is 17.3 Å². The number of allylic oxidation sites excluding steroid dienone is 1. The predicted octanol–water partition coefficient (Wildman–Crippen LogP) is 2.84. The molecule has 1 aliphatic rings. The van der Waals surface area contributed by atoms with Crippen molar-refractivity contribution < 1.29 is 5.11 Å². The van der Waals surface area contributed by atoms with Gasteiger partial charge >= 0.3 is 5.69 Å². The largest absolute Gasteiger partial charge is 0.494 e. The lowest BCUT2D eigenvalue weighted by Crippen LogP contribution is -2.30. The van der Waals surface area contributed by atoms with Crippen molar-refractivity contribution in [1.29, 1.82) is 0 Å². The molecule has 0 aliphatic carbocycles. The van der Waals surface area contributed by atoms with E-state index < -0.39 is 17.1 Å². The average molecular weight is 381 g/mol. The second-order valence-corrected chi connectivity index (χ2v) is 6.41. The van der Waals surface area contributed by atoms with E-state index in [1.807, 2.05) is 13.0 Å². The molecule has 3 aromatic rings. The zero-order valence-corrected chi connectivity index (χ0v) is 14.9. The topological polar surface area (TPSA) is 100 Å². The Hall–Kier alpha value is -3.45. The second-order valence-electron chi connectivity index (χ2n) is 6.00. The summed E-state index contributed by atoms with van der Waals surface area (Å²) in [5.41, 5.74) is 0.965. The van der Waals surface area contributed by atoms with Gasteiger partial charge in [0.05, 0.1) is 5.69 Å². The molecule has 7 nitrogen and oxygen atoms in total. The highest BCUT2D eigenvalue weighted by atomic mass is 35.5. The number of hydrogen-bond acceptors (Lipinski definition) is 5. The Morgan fingerprint density at radius 2 is 2.07 bits per heavy atom. The fourth-order valence-electron chi connectivity index (χ4n) is 2.82. The molecule has 0 spiro atoms. The van der Waals surface area contributed by atoms with Gasteiger partial charge in [-0.1, -0.05) is 17.7 Å². The van der Waals surface area contributed by atoms with E-state index >= 15 is 0 Å². The van der Waals surface area contributed by atoms with Crippen LogP contribution < -0.4 is 11.2 Å². The fourth-order valence-corrected chi connectivity index (χ4v) is 3.00. The molecule has 27 heavy (non-hydrogen) atoms. The van der Waals surface area contributed by atoms with Crippen molar-refractivity contribution in [3.8, 4) is 11.6 Å². The number of aromatic hydroxyl groups is 1. The van der Waals surface area contributed by atoms with Crippen molar-refractivity contribution in [2.75, 3.05) is 0 Å². The van der Waals surface area contributed by atoms with Crippen LogP contribution in [0, 0.1) is 6.92 Å². The highest BCUT2D eigenvalue weighted by molar-refractivity contribution is 6.31. The van der Waals surface area contributed by atoms with E-state index in [2.05, 4.69) is 15.0 Å². The van der Waals surface area contributed by atoms with E-state index in [0.29, 0.717) is 22.1 Å². The summed E-state index contributed by atoms with van der Waals surface area (Å²) in [6.07, 6.45) is 4.64. The van der Waals surface area contributed by atoms with Crippen LogP contribution in [0.5, 0.6) is 5.88 Å². The summed E-state index contributed by atoms with van der Waals surface area (Å²) in [6.45, 7) is 1.82. The molecule has 134 valence electrons. The van der Waals surface area contributed by atoms with Crippen molar-refractivity contribution in [3.63, 3.8) is 0 Å². The smallest absolute Gasteiger partial charge is 0.335 e. The number of halogens is 1. The Kier molecular flexibility index (Phi) is 4.01. The van der Waals surface area contributed by atoms with Gasteiger partial charge in [-0.3, -0.25) is 9.78 Å². The lowest BCUT2D eigenvalue weighted by Gasteiger charge is -2.11. The summed E-state index contributed by atoms with van der Waals surface area (Å²) in [7, 11) is 0. The number of H-pyrrole nitrogens is 1. The lowest BCUT2D eigenvalue weighted by atomic mass is 10.1. The number of rotatable bonds is 2. The highest BCUT2D eigenvalue weighted by Gasteiger charge is 2.18. The molecule has 1 aliphatic heterocycles. The van der Waals surface area contributed by atoms with Gasteiger partial charge in [0.25, 0.3) is 5.56 Å². The maximum Gasteiger partial charge on any atom is 0.335 e. The number of aromatic amines is 1. The molecule has 0 amide bonds. The molecule has 0 atom stereocenters. The minimum absolute atomic E-state index is 0.0653. The zero-order valence-electron chi connectivity index (χ0n) is 14.1. The number of pyridine rings is 1. The Bertz CT molecular complexity index is 1250. The quantitative estimate of drug-likeness (QED) is 0.713. The van der Waals surface area contributed by atoms with E-state index in [0.717, 1.165) is 15.7 Å². The number of aryl methyl sites for hydroxylation is 1. The van der Waals surface area contributed by atoms with Crippen molar-refractivity contribution in [2.24, 2.45) is 4.99 Å². The van der Waals surface area contributed by atoms with E-state index in [-0.39, 0.29) is 5.56 Å². The SMILES string of the molecule is Cc1ccc(-n2c(O)c(/C=C3/C=Nc4ncccc43)c(=O)[nH]c2=O)cc1Cl. The first-order valence-corrected chi connectivity index (χ1v) is 8.39. The molecule has 4 rings (SSSR count). The Labute approximate surface area is 157 Å². The van der Waals surface area contributed by atoms with Crippen LogP contribution in [0.3, 0.4) is 0 Å². The van der Waals surface area contributed by atoms with Crippen LogP contribution in [-0.4, -0.2) is 25.9 Å². The third-order valence-corrected chi connectivity index (χ3v) is 4.67. The number of aliphatic imine (C=N–C) groups is 1. The monoisotopic (exact) mass is 380 g/mol. The molecule has 0 saturated carbocycles. The molecule has 1 aromatic carbocycles. The molecule has 2 aromatic heterocycles. The van der Waals surface area contributed by atoms with Crippen LogP contribution in [0.2, 0.25) is 5.02 Å². The van der Waals surface area contributed by atoms with Crippen molar-refractivity contribution in [3.05, 3.63) is 79.1 Å². The predicted molar refractivity (Wildman–Crippen MR) is 104 cm³/mol.